The molecule has 148 valence electrons. The number of nitrogens with zero attached hydrogens (tertiary/aromatic N) is 3. The van der Waals surface area contributed by atoms with Gasteiger partial charge in [0.05, 0.1) is 16.1 Å². The Morgan fingerprint density at radius 2 is 1.86 bits per heavy atom. The summed E-state index contributed by atoms with van der Waals surface area (Å²) in [4.78, 5) is 8.11. The van der Waals surface area contributed by atoms with Crippen molar-refractivity contribution >= 4 is 44.0 Å². The zero-order valence-corrected chi connectivity index (χ0v) is 15.8. The monoisotopic (exact) mass is 416 g/mol. The summed E-state index contributed by atoms with van der Waals surface area (Å²) in [6, 6.07) is 9.28. The molecule has 0 amide bonds. The molecule has 0 spiro atoms. The summed E-state index contributed by atoms with van der Waals surface area (Å²) < 4.78 is 50.8. The molecule has 0 aliphatic rings. The maximum Gasteiger partial charge on any atom is 0.229 e. The minimum atomic E-state index is -3.52. The summed E-state index contributed by atoms with van der Waals surface area (Å²) >= 11 is 0. The maximum absolute atomic E-state index is 14.2. The van der Waals surface area contributed by atoms with Gasteiger partial charge >= 0.3 is 0 Å². The number of hydrogen-bond acceptors (Lipinski definition) is 7. The minimum absolute atomic E-state index is 0.0156. The van der Waals surface area contributed by atoms with E-state index in [-0.39, 0.29) is 16.5 Å². The Morgan fingerprint density at radius 3 is 2.62 bits per heavy atom. The van der Waals surface area contributed by atoms with Gasteiger partial charge in [-0.2, -0.15) is 10.1 Å². The van der Waals surface area contributed by atoms with Crippen molar-refractivity contribution in [1.29, 1.82) is 0 Å². The van der Waals surface area contributed by atoms with E-state index in [1.54, 1.807) is 12.1 Å². The van der Waals surface area contributed by atoms with Crippen LogP contribution in [-0.4, -0.2) is 34.8 Å². The van der Waals surface area contributed by atoms with Gasteiger partial charge in [0.1, 0.15) is 17.5 Å². The quantitative estimate of drug-likeness (QED) is 0.456. The SMILES string of the molecule is CS(=O)(=O)c1ccc(Nc2nccc(Nc3n[nH]c4ccc(F)cc34)n2)c(F)c1. The molecule has 0 atom stereocenters. The summed E-state index contributed by atoms with van der Waals surface area (Å²) in [6.07, 6.45) is 2.44. The lowest BCUT2D eigenvalue weighted by Crippen LogP contribution is -2.03. The lowest BCUT2D eigenvalue weighted by Gasteiger charge is -2.09. The summed E-state index contributed by atoms with van der Waals surface area (Å²) in [6.45, 7) is 0. The predicted octanol–water partition coefficient (Wildman–Crippen LogP) is 3.52. The van der Waals surface area contributed by atoms with Crippen molar-refractivity contribution in [2.24, 2.45) is 0 Å². The van der Waals surface area contributed by atoms with Gasteiger partial charge in [-0.25, -0.2) is 22.2 Å². The second kappa shape index (κ2) is 7.09. The Balaban J connectivity index is 1.58. The number of nitrogens with one attached hydrogen (secondary N) is 3. The molecule has 4 rings (SSSR count). The van der Waals surface area contributed by atoms with E-state index in [0.717, 1.165) is 12.3 Å². The van der Waals surface area contributed by atoms with Crippen LogP contribution in [0.25, 0.3) is 10.9 Å². The number of halogens is 2. The zero-order valence-electron chi connectivity index (χ0n) is 14.9. The van der Waals surface area contributed by atoms with Crippen molar-refractivity contribution in [2.75, 3.05) is 16.9 Å². The van der Waals surface area contributed by atoms with Crippen molar-refractivity contribution in [3.63, 3.8) is 0 Å². The van der Waals surface area contributed by atoms with Gasteiger partial charge in [0.15, 0.2) is 15.7 Å². The molecule has 0 aliphatic carbocycles. The van der Waals surface area contributed by atoms with Crippen LogP contribution in [0.5, 0.6) is 0 Å². The fourth-order valence-electron chi connectivity index (χ4n) is 2.64. The number of sulfone groups is 1. The highest BCUT2D eigenvalue weighted by Gasteiger charge is 2.13. The van der Waals surface area contributed by atoms with E-state index in [1.807, 2.05) is 0 Å². The van der Waals surface area contributed by atoms with Crippen LogP contribution in [0.1, 0.15) is 0 Å². The molecule has 11 heteroatoms. The average Bonchev–Trinajstić information content (AvgIpc) is 3.05. The van der Waals surface area contributed by atoms with Crippen molar-refractivity contribution in [1.82, 2.24) is 20.2 Å². The smallest absolute Gasteiger partial charge is 0.229 e. The van der Waals surface area contributed by atoms with Crippen LogP contribution in [-0.2, 0) is 9.84 Å². The van der Waals surface area contributed by atoms with Crippen LogP contribution in [0.15, 0.2) is 53.6 Å². The van der Waals surface area contributed by atoms with Gasteiger partial charge in [-0.05, 0) is 42.5 Å². The summed E-state index contributed by atoms with van der Waals surface area (Å²) in [7, 11) is -3.52. The molecular formula is C18H14F2N6O2S. The summed E-state index contributed by atoms with van der Waals surface area (Å²) in [5.74, 6) is -0.378. The van der Waals surface area contributed by atoms with Gasteiger partial charge in [0, 0.05) is 17.8 Å². The van der Waals surface area contributed by atoms with Crippen molar-refractivity contribution in [3.05, 3.63) is 60.3 Å². The van der Waals surface area contributed by atoms with E-state index in [1.165, 1.54) is 30.5 Å². The summed E-state index contributed by atoms with van der Waals surface area (Å²) in [5.41, 5.74) is 0.663. The van der Waals surface area contributed by atoms with E-state index in [4.69, 9.17) is 0 Å². The van der Waals surface area contributed by atoms with E-state index >= 15 is 0 Å². The third kappa shape index (κ3) is 3.99. The lowest BCUT2D eigenvalue weighted by molar-refractivity contribution is 0.596. The van der Waals surface area contributed by atoms with Crippen LogP contribution in [0.4, 0.5) is 32.1 Å². The molecule has 8 nitrogen and oxygen atoms in total. The lowest BCUT2D eigenvalue weighted by atomic mass is 10.2. The second-order valence-corrected chi connectivity index (χ2v) is 8.21. The maximum atomic E-state index is 14.2. The molecule has 3 N–H and O–H groups in total. The van der Waals surface area contributed by atoms with Gasteiger partial charge in [-0.15, -0.1) is 0 Å². The molecular weight excluding hydrogens is 402 g/mol. The van der Waals surface area contributed by atoms with Crippen molar-refractivity contribution < 1.29 is 17.2 Å². The van der Waals surface area contributed by atoms with Crippen LogP contribution in [0.3, 0.4) is 0 Å². The number of rotatable bonds is 5. The number of aromatic amines is 1. The zero-order chi connectivity index (χ0) is 20.6. The van der Waals surface area contributed by atoms with Crippen LogP contribution in [0.2, 0.25) is 0 Å². The normalized spacial score (nSPS) is 11.6. The number of aromatic nitrogens is 4. The van der Waals surface area contributed by atoms with Crippen LogP contribution in [0, 0.1) is 11.6 Å². The summed E-state index contributed by atoms with van der Waals surface area (Å²) in [5, 5.41) is 13.1. The Morgan fingerprint density at radius 1 is 1.03 bits per heavy atom. The molecule has 0 radical (unpaired) electrons. The number of benzene rings is 2. The van der Waals surface area contributed by atoms with Crippen LogP contribution < -0.4 is 10.6 Å². The number of fused-ring (bicyclic) bond motifs is 1. The second-order valence-electron chi connectivity index (χ2n) is 6.19. The number of anilines is 4. The van der Waals surface area contributed by atoms with Gasteiger partial charge in [-0.3, -0.25) is 5.10 Å². The Bertz CT molecular complexity index is 1320. The van der Waals surface area contributed by atoms with Crippen molar-refractivity contribution in [2.45, 2.75) is 4.90 Å². The molecule has 0 unspecified atom stereocenters. The molecule has 0 aliphatic heterocycles. The highest BCUT2D eigenvalue weighted by molar-refractivity contribution is 7.90. The molecule has 0 saturated heterocycles. The minimum Gasteiger partial charge on any atom is -0.323 e. The Hall–Kier alpha value is -3.60. The molecule has 2 aromatic heterocycles. The topological polar surface area (TPSA) is 113 Å². The number of H-pyrrole nitrogens is 1. The third-order valence-electron chi connectivity index (χ3n) is 4.04. The molecule has 2 aromatic carbocycles. The molecule has 2 heterocycles. The average molecular weight is 416 g/mol. The first-order valence-electron chi connectivity index (χ1n) is 8.30. The molecule has 0 saturated carbocycles. The third-order valence-corrected chi connectivity index (χ3v) is 5.15. The molecule has 0 fully saturated rings. The first-order valence-corrected chi connectivity index (χ1v) is 10.2. The highest BCUT2D eigenvalue weighted by atomic mass is 32.2. The Labute approximate surface area is 163 Å². The molecule has 29 heavy (non-hydrogen) atoms. The van der Waals surface area contributed by atoms with Crippen molar-refractivity contribution in [3.8, 4) is 0 Å². The van der Waals surface area contributed by atoms with Gasteiger partial charge in [0.2, 0.25) is 5.95 Å². The van der Waals surface area contributed by atoms with E-state index in [0.29, 0.717) is 22.5 Å². The van der Waals surface area contributed by atoms with Gasteiger partial charge in [-0.1, -0.05) is 0 Å². The fraction of sp³-hybridized carbons (Fsp3) is 0.0556. The standard InChI is InChI=1S/C18H14F2N6O2S/c1-29(27,28)11-3-5-15(13(20)9-11)22-18-21-7-6-16(24-18)23-17-12-8-10(19)2-4-14(12)25-26-17/h2-9H,1H3,(H3,21,22,23,24,25,26). The van der Waals surface area contributed by atoms with Crippen LogP contribution >= 0.6 is 0 Å². The van der Waals surface area contributed by atoms with E-state index in [2.05, 4.69) is 30.8 Å². The highest BCUT2D eigenvalue weighted by Crippen LogP contribution is 2.25. The number of hydrogen-bond donors (Lipinski definition) is 3. The fourth-order valence-corrected chi connectivity index (χ4v) is 3.27. The van der Waals surface area contributed by atoms with E-state index < -0.39 is 21.5 Å². The first kappa shape index (κ1) is 18.7. The molecule has 4 aromatic rings. The van der Waals surface area contributed by atoms with Gasteiger partial charge in [0.25, 0.3) is 0 Å². The molecule has 0 bridgehead atoms. The first-order chi connectivity index (χ1) is 13.8. The Kier molecular flexibility index (Phi) is 4.59. The largest absolute Gasteiger partial charge is 0.323 e. The van der Waals surface area contributed by atoms with E-state index in [9.17, 15) is 17.2 Å². The van der Waals surface area contributed by atoms with Gasteiger partial charge < -0.3 is 10.6 Å². The predicted molar refractivity (Wildman–Crippen MR) is 104 cm³/mol.